The number of likely N-dealkylation sites (tertiary alicyclic amines) is 1. The number of amides is 1. The van der Waals surface area contributed by atoms with Crippen LogP contribution in [0.1, 0.15) is 51.1 Å². The minimum absolute atomic E-state index is 0.108. The van der Waals surface area contributed by atoms with E-state index in [1.165, 1.54) is 12.1 Å². The van der Waals surface area contributed by atoms with Crippen LogP contribution in [-0.4, -0.2) is 33.6 Å². The normalized spacial score (nSPS) is 17.7. The van der Waals surface area contributed by atoms with E-state index in [1.54, 1.807) is 17.0 Å². The van der Waals surface area contributed by atoms with Gasteiger partial charge < -0.3 is 14.5 Å². The van der Waals surface area contributed by atoms with E-state index in [4.69, 9.17) is 9.63 Å². The fraction of sp³-hybridized carbons (Fsp3) is 0.312. The van der Waals surface area contributed by atoms with Gasteiger partial charge >= 0.3 is 5.97 Å². The molecule has 6 heteroatoms. The summed E-state index contributed by atoms with van der Waals surface area (Å²) in [5, 5.41) is 12.9. The van der Waals surface area contributed by atoms with Crippen molar-refractivity contribution in [3.05, 3.63) is 52.9 Å². The van der Waals surface area contributed by atoms with Crippen molar-refractivity contribution in [2.45, 2.75) is 25.8 Å². The lowest BCUT2D eigenvalue weighted by Crippen LogP contribution is -2.30. The van der Waals surface area contributed by atoms with Crippen molar-refractivity contribution in [1.29, 1.82) is 0 Å². The summed E-state index contributed by atoms with van der Waals surface area (Å²) in [6.45, 7) is 2.46. The summed E-state index contributed by atoms with van der Waals surface area (Å²) in [7, 11) is 0. The van der Waals surface area contributed by atoms with Gasteiger partial charge in [-0.2, -0.15) is 0 Å². The number of hydrogen-bond donors (Lipinski definition) is 1. The molecule has 1 aliphatic heterocycles. The predicted molar refractivity (Wildman–Crippen MR) is 77.7 cm³/mol. The highest BCUT2D eigenvalue weighted by molar-refractivity contribution is 5.97. The summed E-state index contributed by atoms with van der Waals surface area (Å²) >= 11 is 0. The number of carboxylic acids is 1. The van der Waals surface area contributed by atoms with Crippen LogP contribution in [0.2, 0.25) is 0 Å². The Morgan fingerprint density at radius 2 is 2.09 bits per heavy atom. The SMILES string of the molecule is Cc1cc(C2CCCN2C(=O)c2cccc(C(=O)O)c2)on1. The second kappa shape index (κ2) is 5.63. The number of carbonyl (C=O) groups excluding carboxylic acids is 1. The minimum atomic E-state index is -1.04. The van der Waals surface area contributed by atoms with Gasteiger partial charge in [-0.25, -0.2) is 4.79 Å². The van der Waals surface area contributed by atoms with Crippen molar-refractivity contribution >= 4 is 11.9 Å². The number of benzene rings is 1. The number of aryl methyl sites for hydroxylation is 1. The molecule has 1 saturated heterocycles. The number of nitrogens with zero attached hydrogens (tertiary/aromatic N) is 2. The van der Waals surface area contributed by atoms with E-state index in [0.29, 0.717) is 17.9 Å². The van der Waals surface area contributed by atoms with Gasteiger partial charge in [-0.3, -0.25) is 4.79 Å². The third-order valence-corrected chi connectivity index (χ3v) is 3.84. The lowest BCUT2D eigenvalue weighted by atomic mass is 10.1. The Morgan fingerprint density at radius 1 is 1.32 bits per heavy atom. The zero-order valence-corrected chi connectivity index (χ0v) is 12.2. The first kappa shape index (κ1) is 14.3. The standard InChI is InChI=1S/C16H16N2O4/c1-10-8-14(22-17-10)13-6-3-7-18(13)15(19)11-4-2-5-12(9-11)16(20)21/h2,4-5,8-9,13H,3,6-7H2,1H3,(H,20,21). The number of aromatic carboxylic acids is 1. The number of aromatic nitrogens is 1. The third kappa shape index (κ3) is 2.59. The van der Waals surface area contributed by atoms with Gasteiger partial charge in [0.2, 0.25) is 0 Å². The molecule has 0 saturated carbocycles. The number of carboxylic acid groups (broad SMARTS) is 1. The Morgan fingerprint density at radius 3 is 2.77 bits per heavy atom. The van der Waals surface area contributed by atoms with Gasteiger partial charge in [-0.15, -0.1) is 0 Å². The fourth-order valence-electron chi connectivity index (χ4n) is 2.80. The second-order valence-corrected chi connectivity index (χ2v) is 5.41. The molecule has 3 rings (SSSR count). The molecule has 2 aromatic rings. The van der Waals surface area contributed by atoms with Crippen LogP contribution in [0.3, 0.4) is 0 Å². The molecule has 1 amide bonds. The highest BCUT2D eigenvalue weighted by Crippen LogP contribution is 2.33. The van der Waals surface area contributed by atoms with E-state index in [1.807, 2.05) is 13.0 Å². The van der Waals surface area contributed by atoms with E-state index in [0.717, 1.165) is 18.5 Å². The maximum atomic E-state index is 12.7. The monoisotopic (exact) mass is 300 g/mol. The van der Waals surface area contributed by atoms with Gasteiger partial charge in [0.25, 0.3) is 5.91 Å². The fourth-order valence-corrected chi connectivity index (χ4v) is 2.80. The average Bonchev–Trinajstić information content (AvgIpc) is 3.15. The van der Waals surface area contributed by atoms with Crippen LogP contribution in [0, 0.1) is 6.92 Å². The Kier molecular flexibility index (Phi) is 3.66. The highest BCUT2D eigenvalue weighted by Gasteiger charge is 2.33. The third-order valence-electron chi connectivity index (χ3n) is 3.84. The second-order valence-electron chi connectivity index (χ2n) is 5.41. The van der Waals surface area contributed by atoms with Crippen molar-refractivity contribution in [2.75, 3.05) is 6.54 Å². The maximum absolute atomic E-state index is 12.7. The molecular formula is C16H16N2O4. The maximum Gasteiger partial charge on any atom is 0.335 e. The smallest absolute Gasteiger partial charge is 0.335 e. The Hall–Kier alpha value is -2.63. The zero-order valence-electron chi connectivity index (χ0n) is 12.2. The number of rotatable bonds is 3. The summed E-state index contributed by atoms with van der Waals surface area (Å²) in [5.41, 5.74) is 1.27. The molecule has 1 aromatic heterocycles. The number of carbonyl (C=O) groups is 2. The first-order valence-corrected chi connectivity index (χ1v) is 7.14. The molecule has 0 spiro atoms. The van der Waals surface area contributed by atoms with Crippen LogP contribution in [0.5, 0.6) is 0 Å². The molecule has 22 heavy (non-hydrogen) atoms. The lowest BCUT2D eigenvalue weighted by Gasteiger charge is -2.22. The first-order valence-electron chi connectivity index (χ1n) is 7.14. The van der Waals surface area contributed by atoms with Crippen LogP contribution in [0.4, 0.5) is 0 Å². The van der Waals surface area contributed by atoms with Crippen molar-refractivity contribution < 1.29 is 19.2 Å². The molecule has 1 atom stereocenters. The molecule has 0 radical (unpaired) electrons. The van der Waals surface area contributed by atoms with Crippen molar-refractivity contribution in [3.63, 3.8) is 0 Å². The Bertz CT molecular complexity index is 722. The van der Waals surface area contributed by atoms with Gasteiger partial charge in [-0.05, 0) is 38.0 Å². The quantitative estimate of drug-likeness (QED) is 0.942. The topological polar surface area (TPSA) is 83.6 Å². The molecule has 1 N–H and O–H groups in total. The van der Waals surface area contributed by atoms with Gasteiger partial charge in [0.05, 0.1) is 17.3 Å². The van der Waals surface area contributed by atoms with E-state index >= 15 is 0 Å². The summed E-state index contributed by atoms with van der Waals surface area (Å²) in [6.07, 6.45) is 1.70. The summed E-state index contributed by atoms with van der Waals surface area (Å²) in [4.78, 5) is 25.4. The molecular weight excluding hydrogens is 284 g/mol. The molecule has 1 unspecified atom stereocenters. The predicted octanol–water partition coefficient (Wildman–Crippen LogP) is 2.66. The van der Waals surface area contributed by atoms with Crippen molar-refractivity contribution in [2.24, 2.45) is 0 Å². The number of hydrogen-bond acceptors (Lipinski definition) is 4. The van der Waals surface area contributed by atoms with Gasteiger partial charge in [0, 0.05) is 18.2 Å². The molecule has 1 aromatic carbocycles. The molecule has 1 aliphatic rings. The van der Waals surface area contributed by atoms with Gasteiger partial charge in [0.15, 0.2) is 5.76 Å². The molecule has 114 valence electrons. The molecule has 0 bridgehead atoms. The van der Waals surface area contributed by atoms with E-state index < -0.39 is 5.97 Å². The summed E-state index contributed by atoms with van der Waals surface area (Å²) in [5.74, 6) is -0.545. The van der Waals surface area contributed by atoms with Crippen molar-refractivity contribution in [1.82, 2.24) is 10.1 Å². The van der Waals surface area contributed by atoms with Crippen molar-refractivity contribution in [3.8, 4) is 0 Å². The van der Waals surface area contributed by atoms with Crippen LogP contribution in [0.15, 0.2) is 34.9 Å². The zero-order chi connectivity index (χ0) is 15.7. The largest absolute Gasteiger partial charge is 0.478 e. The summed E-state index contributed by atoms with van der Waals surface area (Å²) in [6, 6.07) is 7.80. The summed E-state index contributed by atoms with van der Waals surface area (Å²) < 4.78 is 5.29. The highest BCUT2D eigenvalue weighted by atomic mass is 16.5. The van der Waals surface area contributed by atoms with Crippen LogP contribution in [0.25, 0.3) is 0 Å². The van der Waals surface area contributed by atoms with Gasteiger partial charge in [0.1, 0.15) is 0 Å². The molecule has 6 nitrogen and oxygen atoms in total. The van der Waals surface area contributed by atoms with Crippen LogP contribution < -0.4 is 0 Å². The molecule has 0 aliphatic carbocycles. The molecule has 1 fully saturated rings. The van der Waals surface area contributed by atoms with E-state index in [2.05, 4.69) is 5.16 Å². The Labute approximate surface area is 127 Å². The van der Waals surface area contributed by atoms with E-state index in [-0.39, 0.29) is 17.5 Å². The Balaban J connectivity index is 1.87. The van der Waals surface area contributed by atoms with Gasteiger partial charge in [-0.1, -0.05) is 11.2 Å². The first-order chi connectivity index (χ1) is 10.6. The van der Waals surface area contributed by atoms with Crippen LogP contribution >= 0.6 is 0 Å². The molecule has 2 heterocycles. The van der Waals surface area contributed by atoms with E-state index in [9.17, 15) is 9.59 Å². The average molecular weight is 300 g/mol. The van der Waals surface area contributed by atoms with Crippen LogP contribution in [-0.2, 0) is 0 Å². The minimum Gasteiger partial charge on any atom is -0.478 e. The lowest BCUT2D eigenvalue weighted by molar-refractivity contribution is 0.0697.